The van der Waals surface area contributed by atoms with E-state index in [2.05, 4.69) is 143 Å². The second-order valence-electron chi connectivity index (χ2n) is 11.5. The molecule has 3 aliphatic rings. The van der Waals surface area contributed by atoms with Crippen molar-refractivity contribution in [3.8, 4) is 22.3 Å². The highest BCUT2D eigenvalue weighted by Gasteiger charge is 2.27. The normalized spacial score (nSPS) is 15.3. The van der Waals surface area contributed by atoms with E-state index in [-0.39, 0.29) is 0 Å². The lowest BCUT2D eigenvalue weighted by Crippen LogP contribution is -2.17. The fraction of sp³-hybridized carbons (Fsp3) is 0.100. The van der Waals surface area contributed by atoms with Crippen molar-refractivity contribution in [2.45, 2.75) is 25.7 Å². The van der Waals surface area contributed by atoms with E-state index in [1.165, 1.54) is 77.6 Å². The lowest BCUT2D eigenvalue weighted by molar-refractivity contribution is 0.919. The second kappa shape index (κ2) is 9.22. The van der Waals surface area contributed by atoms with Crippen molar-refractivity contribution in [1.29, 1.82) is 0 Å². The van der Waals surface area contributed by atoms with Crippen molar-refractivity contribution < 1.29 is 0 Å². The van der Waals surface area contributed by atoms with Gasteiger partial charge in [-0.15, -0.1) is 0 Å². The van der Waals surface area contributed by atoms with Gasteiger partial charge in [0.25, 0.3) is 0 Å². The predicted molar refractivity (Wildman–Crippen MR) is 179 cm³/mol. The standard InChI is InChI=1S/C40H30N2/c1-4-13-27(14-5-1)41(28-15-6-2-7-16-28)35-25-23-33-31-20-11-10-19-30(31)32-21-12-22-36-39(32)40-37(26-24-34(35)38(33)40)42(36)29-17-8-3-9-18-29/h1-6,8,10-15,17,19-26H,7,9,16,18H2. The predicted octanol–water partition coefficient (Wildman–Crippen LogP) is 11.2. The summed E-state index contributed by atoms with van der Waals surface area (Å²) in [5.41, 5.74) is 13.0. The molecule has 0 radical (unpaired) electrons. The number of para-hydroxylation sites is 1. The van der Waals surface area contributed by atoms with Crippen LogP contribution >= 0.6 is 0 Å². The van der Waals surface area contributed by atoms with Crippen LogP contribution in [-0.4, -0.2) is 4.57 Å². The smallest absolute Gasteiger partial charge is 0.0544 e. The molecule has 5 aromatic carbocycles. The number of aromatic nitrogens is 1. The maximum atomic E-state index is 2.53. The Balaban J connectivity index is 1.46. The molecule has 0 spiro atoms. The van der Waals surface area contributed by atoms with Crippen LogP contribution in [0.3, 0.4) is 0 Å². The van der Waals surface area contributed by atoms with E-state index in [9.17, 15) is 0 Å². The molecule has 1 aromatic heterocycles. The average molecular weight is 539 g/mol. The third-order valence-electron chi connectivity index (χ3n) is 9.23. The van der Waals surface area contributed by atoms with E-state index >= 15 is 0 Å². The lowest BCUT2D eigenvalue weighted by Gasteiger charge is -2.30. The Morgan fingerprint density at radius 1 is 0.524 bits per heavy atom. The van der Waals surface area contributed by atoms with E-state index in [4.69, 9.17) is 0 Å². The molecular formula is C40H30N2. The zero-order valence-corrected chi connectivity index (χ0v) is 23.4. The number of hydrogen-bond donors (Lipinski definition) is 0. The van der Waals surface area contributed by atoms with Gasteiger partial charge >= 0.3 is 0 Å². The Morgan fingerprint density at radius 3 is 2.00 bits per heavy atom. The summed E-state index contributed by atoms with van der Waals surface area (Å²) in [7, 11) is 0. The van der Waals surface area contributed by atoms with Gasteiger partial charge < -0.3 is 9.47 Å². The molecule has 0 bridgehead atoms. The summed E-state index contributed by atoms with van der Waals surface area (Å²) in [5.74, 6) is 0. The molecule has 0 fully saturated rings. The van der Waals surface area contributed by atoms with E-state index in [1.54, 1.807) is 0 Å². The molecule has 0 amide bonds. The van der Waals surface area contributed by atoms with E-state index in [0.717, 1.165) is 25.7 Å². The zero-order chi connectivity index (χ0) is 27.6. The minimum atomic E-state index is 1.02. The maximum Gasteiger partial charge on any atom is 0.0544 e. The summed E-state index contributed by atoms with van der Waals surface area (Å²) in [4.78, 5) is 2.49. The number of benzene rings is 5. The van der Waals surface area contributed by atoms with Crippen LogP contribution in [0.2, 0.25) is 0 Å². The highest BCUT2D eigenvalue weighted by molar-refractivity contribution is 6.32. The third kappa shape index (κ3) is 3.33. The van der Waals surface area contributed by atoms with Crippen LogP contribution in [0.15, 0.2) is 139 Å². The molecule has 0 aliphatic heterocycles. The molecular weight excluding hydrogens is 508 g/mol. The molecule has 2 heteroatoms. The van der Waals surface area contributed by atoms with Crippen molar-refractivity contribution in [3.05, 3.63) is 139 Å². The first kappa shape index (κ1) is 23.6. The average Bonchev–Trinajstić information content (AvgIpc) is 3.35. The first-order chi connectivity index (χ1) is 20.9. The Hall–Kier alpha value is -5.08. The van der Waals surface area contributed by atoms with E-state index in [0.29, 0.717) is 0 Å². The molecule has 9 rings (SSSR count). The van der Waals surface area contributed by atoms with Gasteiger partial charge in [0.05, 0.1) is 16.7 Å². The summed E-state index contributed by atoms with van der Waals surface area (Å²) in [6.07, 6.45) is 17.8. The van der Waals surface area contributed by atoms with Gasteiger partial charge in [-0.2, -0.15) is 0 Å². The molecule has 0 saturated carbocycles. The van der Waals surface area contributed by atoms with Gasteiger partial charge in [0.2, 0.25) is 0 Å². The number of rotatable bonds is 4. The fourth-order valence-corrected chi connectivity index (χ4v) is 7.47. The second-order valence-corrected chi connectivity index (χ2v) is 11.5. The van der Waals surface area contributed by atoms with Crippen LogP contribution in [-0.2, 0) is 0 Å². The molecule has 0 atom stereocenters. The summed E-state index contributed by atoms with van der Waals surface area (Å²) in [6.45, 7) is 0. The topological polar surface area (TPSA) is 8.17 Å². The van der Waals surface area contributed by atoms with E-state index in [1.807, 2.05) is 0 Å². The van der Waals surface area contributed by atoms with Crippen LogP contribution in [0.25, 0.3) is 60.5 Å². The highest BCUT2D eigenvalue weighted by atomic mass is 15.1. The lowest BCUT2D eigenvalue weighted by atomic mass is 9.92. The number of fused-ring (bicyclic) bond motifs is 3. The SMILES string of the molecule is C1=CCCC(N(c2ccccc2)c2ccc3c4c2ccc2c4c4c(cccc4n2C2=CC=CCC2)-c2ccccc2-3)=C1. The first-order valence-corrected chi connectivity index (χ1v) is 15.1. The van der Waals surface area contributed by atoms with Crippen LogP contribution in [0.5, 0.6) is 0 Å². The Morgan fingerprint density at radius 2 is 1.24 bits per heavy atom. The van der Waals surface area contributed by atoms with Crippen molar-refractivity contribution in [1.82, 2.24) is 4.57 Å². The van der Waals surface area contributed by atoms with Crippen LogP contribution in [0.4, 0.5) is 11.4 Å². The number of anilines is 2. The van der Waals surface area contributed by atoms with Crippen LogP contribution in [0, 0.1) is 0 Å². The molecule has 0 N–H and O–H groups in total. The van der Waals surface area contributed by atoms with Gasteiger partial charge in [0, 0.05) is 38.6 Å². The van der Waals surface area contributed by atoms with Gasteiger partial charge in [-0.05, 0) is 90.4 Å². The summed E-state index contributed by atoms with van der Waals surface area (Å²) in [5, 5.41) is 5.38. The zero-order valence-electron chi connectivity index (χ0n) is 23.4. The Kier molecular flexibility index (Phi) is 5.18. The molecule has 3 aliphatic carbocycles. The van der Waals surface area contributed by atoms with Gasteiger partial charge in [0.15, 0.2) is 0 Å². The summed E-state index contributed by atoms with van der Waals surface area (Å²) < 4.78 is 2.53. The van der Waals surface area contributed by atoms with E-state index < -0.39 is 0 Å². The van der Waals surface area contributed by atoms with Crippen molar-refractivity contribution in [3.63, 3.8) is 0 Å². The molecule has 1 heterocycles. The number of nitrogens with zero attached hydrogens (tertiary/aromatic N) is 2. The van der Waals surface area contributed by atoms with Crippen LogP contribution in [0.1, 0.15) is 25.7 Å². The van der Waals surface area contributed by atoms with Crippen LogP contribution < -0.4 is 4.90 Å². The monoisotopic (exact) mass is 538 g/mol. The quantitative estimate of drug-likeness (QED) is 0.216. The van der Waals surface area contributed by atoms with Gasteiger partial charge in [0.1, 0.15) is 0 Å². The minimum Gasteiger partial charge on any atom is -0.314 e. The Labute approximate surface area is 245 Å². The molecule has 42 heavy (non-hydrogen) atoms. The fourth-order valence-electron chi connectivity index (χ4n) is 7.47. The molecule has 2 nitrogen and oxygen atoms in total. The molecule has 200 valence electrons. The first-order valence-electron chi connectivity index (χ1n) is 15.1. The highest BCUT2D eigenvalue weighted by Crippen LogP contribution is 2.52. The van der Waals surface area contributed by atoms with Gasteiger partial charge in [-0.3, -0.25) is 0 Å². The molecule has 0 saturated heterocycles. The molecule has 6 aromatic rings. The van der Waals surface area contributed by atoms with Crippen molar-refractivity contribution in [2.75, 3.05) is 4.90 Å². The Bertz CT molecular complexity index is 2190. The minimum absolute atomic E-state index is 1.02. The summed E-state index contributed by atoms with van der Waals surface area (Å²) in [6, 6.07) is 36.2. The largest absolute Gasteiger partial charge is 0.314 e. The third-order valence-corrected chi connectivity index (χ3v) is 9.23. The van der Waals surface area contributed by atoms with Crippen molar-refractivity contribution >= 4 is 49.7 Å². The number of hydrogen-bond acceptors (Lipinski definition) is 1. The maximum absolute atomic E-state index is 2.53. The summed E-state index contributed by atoms with van der Waals surface area (Å²) >= 11 is 0. The van der Waals surface area contributed by atoms with Gasteiger partial charge in [-0.1, -0.05) is 91.0 Å². The van der Waals surface area contributed by atoms with Gasteiger partial charge in [-0.25, -0.2) is 0 Å². The van der Waals surface area contributed by atoms with Crippen molar-refractivity contribution in [2.24, 2.45) is 0 Å². The number of allylic oxidation sites excluding steroid dienone is 8. The molecule has 0 unspecified atom stereocenters.